The minimum atomic E-state index is -1.05. The lowest BCUT2D eigenvalue weighted by atomic mass is 9.89. The number of piperidine rings is 1. The maximum Gasteiger partial charge on any atom is 0.414 e. The van der Waals surface area contributed by atoms with Crippen molar-refractivity contribution in [3.8, 4) is 0 Å². The summed E-state index contributed by atoms with van der Waals surface area (Å²) in [7, 11) is 1.57. The summed E-state index contributed by atoms with van der Waals surface area (Å²) in [5.41, 5.74) is 1.41. The van der Waals surface area contributed by atoms with Crippen molar-refractivity contribution in [2.45, 2.75) is 31.8 Å². The Hall–Kier alpha value is -3.20. The smallest absolute Gasteiger partial charge is 0.414 e. The fourth-order valence-electron chi connectivity index (χ4n) is 3.90. The van der Waals surface area contributed by atoms with Crippen LogP contribution in [0.3, 0.4) is 0 Å². The molecule has 33 heavy (non-hydrogen) atoms. The highest BCUT2D eigenvalue weighted by molar-refractivity contribution is 6.31. The highest BCUT2D eigenvalue weighted by Crippen LogP contribution is 2.34. The Morgan fingerprint density at radius 2 is 1.85 bits per heavy atom. The summed E-state index contributed by atoms with van der Waals surface area (Å²) >= 11 is 6.11. The highest BCUT2D eigenvalue weighted by Gasteiger charge is 2.35. The molecule has 10 heteroatoms. The van der Waals surface area contributed by atoms with Gasteiger partial charge in [0.25, 0.3) is 0 Å². The van der Waals surface area contributed by atoms with Crippen molar-refractivity contribution in [2.75, 3.05) is 29.9 Å². The molecule has 2 heterocycles. The van der Waals surface area contributed by atoms with Crippen molar-refractivity contribution in [1.29, 1.82) is 0 Å². The third-order valence-electron chi connectivity index (χ3n) is 5.95. The molecule has 2 saturated heterocycles. The molecule has 7 nitrogen and oxygen atoms in total. The van der Waals surface area contributed by atoms with Crippen LogP contribution in [0.5, 0.6) is 0 Å². The second kappa shape index (κ2) is 8.97. The Kier molecular flexibility index (Phi) is 6.25. The molecule has 0 aliphatic carbocycles. The molecule has 2 aromatic carbocycles. The molecule has 0 bridgehead atoms. The number of nitrogens with zero attached hydrogens (tertiary/aromatic N) is 2. The lowest BCUT2D eigenvalue weighted by molar-refractivity contribution is -0.134. The minimum absolute atomic E-state index is 0.0272. The predicted molar refractivity (Wildman–Crippen MR) is 119 cm³/mol. The molecular formula is C23H22ClF2N3O4. The number of rotatable bonds is 4. The summed E-state index contributed by atoms with van der Waals surface area (Å²) in [6.07, 6.45) is -0.925. The van der Waals surface area contributed by atoms with Gasteiger partial charge >= 0.3 is 6.09 Å². The van der Waals surface area contributed by atoms with E-state index in [1.165, 1.54) is 4.90 Å². The van der Waals surface area contributed by atoms with Crippen molar-refractivity contribution >= 4 is 40.9 Å². The first-order chi connectivity index (χ1) is 15.6. The van der Waals surface area contributed by atoms with Gasteiger partial charge in [-0.05, 0) is 43.2 Å². The Morgan fingerprint density at radius 3 is 2.45 bits per heavy atom. The number of benzene rings is 2. The second-order valence-electron chi connectivity index (χ2n) is 8.23. The Bertz CT molecular complexity index is 1110. The van der Waals surface area contributed by atoms with Crippen LogP contribution >= 0.6 is 11.6 Å². The Morgan fingerprint density at radius 1 is 1.18 bits per heavy atom. The van der Waals surface area contributed by atoms with Crippen LogP contribution in [0.15, 0.2) is 30.3 Å². The number of halogens is 3. The van der Waals surface area contributed by atoms with Crippen LogP contribution < -0.4 is 15.1 Å². The molecule has 0 saturated carbocycles. The quantitative estimate of drug-likeness (QED) is 0.675. The minimum Gasteiger partial charge on any atom is -0.442 e. The van der Waals surface area contributed by atoms with Gasteiger partial charge in [0.05, 0.1) is 19.0 Å². The normalized spacial score (nSPS) is 18.6. The van der Waals surface area contributed by atoms with E-state index in [1.54, 1.807) is 30.1 Å². The zero-order valence-corrected chi connectivity index (χ0v) is 18.8. The number of carbonyl (C=O) groups is 3. The molecule has 2 aliphatic heterocycles. The van der Waals surface area contributed by atoms with Gasteiger partial charge in [0.1, 0.15) is 17.7 Å². The molecule has 3 amide bonds. The van der Waals surface area contributed by atoms with Gasteiger partial charge < -0.3 is 9.64 Å². The number of ether oxygens (including phenoxy) is 1. The van der Waals surface area contributed by atoms with Crippen LogP contribution in [-0.4, -0.2) is 44.1 Å². The van der Waals surface area contributed by atoms with Crippen molar-refractivity contribution < 1.29 is 27.9 Å². The average molecular weight is 478 g/mol. The zero-order valence-electron chi connectivity index (χ0n) is 18.0. The largest absolute Gasteiger partial charge is 0.442 e. The molecule has 2 fully saturated rings. The standard InChI is InChI=1S/C23H22ClF2N3O4/c1-12-3-4-13(7-17(12)24)28(2)23(32)33-15-10-29(11-15)14-8-18(25)21(19(26)9-14)16-5-6-20(30)27-22(16)31/h3-4,7-9,15-16H,5-6,10-11H2,1-2H3,(H,27,30,31). The van der Waals surface area contributed by atoms with Crippen LogP contribution in [0.2, 0.25) is 5.02 Å². The van der Waals surface area contributed by atoms with Crippen LogP contribution in [0, 0.1) is 18.6 Å². The number of hydrogen-bond donors (Lipinski definition) is 1. The first-order valence-corrected chi connectivity index (χ1v) is 10.8. The maximum atomic E-state index is 14.7. The lowest BCUT2D eigenvalue weighted by Gasteiger charge is -2.40. The van der Waals surface area contributed by atoms with Crippen molar-refractivity contribution in [2.24, 2.45) is 0 Å². The van der Waals surface area contributed by atoms with Gasteiger partial charge in [-0.3, -0.25) is 19.8 Å². The monoisotopic (exact) mass is 477 g/mol. The summed E-state index contributed by atoms with van der Waals surface area (Å²) in [6, 6.07) is 7.53. The summed E-state index contributed by atoms with van der Waals surface area (Å²) < 4.78 is 34.9. The Labute approximate surface area is 194 Å². The lowest BCUT2D eigenvalue weighted by Crippen LogP contribution is -2.54. The highest BCUT2D eigenvalue weighted by atomic mass is 35.5. The van der Waals surface area contributed by atoms with Crippen molar-refractivity contribution in [3.05, 3.63) is 58.1 Å². The SMILES string of the molecule is Cc1ccc(N(C)C(=O)OC2CN(c3cc(F)c(C4CCC(=O)NC4=O)c(F)c3)C2)cc1Cl. The molecule has 2 aromatic rings. The first-order valence-electron chi connectivity index (χ1n) is 10.4. The van der Waals surface area contributed by atoms with Gasteiger partial charge in [-0.25, -0.2) is 13.6 Å². The first kappa shape index (κ1) is 23.0. The molecule has 1 N–H and O–H groups in total. The molecule has 0 aromatic heterocycles. The third kappa shape index (κ3) is 4.64. The van der Waals surface area contributed by atoms with E-state index in [9.17, 15) is 23.2 Å². The van der Waals surface area contributed by atoms with E-state index in [1.807, 2.05) is 6.92 Å². The van der Waals surface area contributed by atoms with Crippen LogP contribution in [0.1, 0.15) is 29.9 Å². The molecule has 1 unspecified atom stereocenters. The van der Waals surface area contributed by atoms with E-state index in [2.05, 4.69) is 5.32 Å². The maximum absolute atomic E-state index is 14.7. The predicted octanol–water partition coefficient (Wildman–Crippen LogP) is 3.91. The van der Waals surface area contributed by atoms with Gasteiger partial charge in [-0.15, -0.1) is 0 Å². The molecule has 2 aliphatic rings. The zero-order chi connectivity index (χ0) is 23.9. The van der Waals surface area contributed by atoms with Crippen LogP contribution in [-0.2, 0) is 14.3 Å². The number of hydrogen-bond acceptors (Lipinski definition) is 5. The third-order valence-corrected chi connectivity index (χ3v) is 6.36. The van der Waals surface area contributed by atoms with Crippen molar-refractivity contribution in [1.82, 2.24) is 5.32 Å². The van der Waals surface area contributed by atoms with Gasteiger partial charge in [0.2, 0.25) is 11.8 Å². The van der Waals surface area contributed by atoms with Gasteiger partial charge in [0.15, 0.2) is 0 Å². The van der Waals surface area contributed by atoms with Crippen LogP contribution in [0.4, 0.5) is 25.0 Å². The number of nitrogens with one attached hydrogen (secondary N) is 1. The second-order valence-corrected chi connectivity index (χ2v) is 8.64. The summed E-state index contributed by atoms with van der Waals surface area (Å²) in [5.74, 6) is -3.91. The van der Waals surface area contributed by atoms with E-state index in [-0.39, 0.29) is 37.2 Å². The van der Waals surface area contributed by atoms with E-state index in [0.717, 1.165) is 17.7 Å². The number of aryl methyl sites for hydroxylation is 1. The number of carbonyl (C=O) groups excluding carboxylic acids is 3. The van der Waals surface area contributed by atoms with E-state index in [0.29, 0.717) is 10.7 Å². The number of amides is 3. The van der Waals surface area contributed by atoms with Gasteiger partial charge in [0, 0.05) is 35.4 Å². The van der Waals surface area contributed by atoms with Gasteiger partial charge in [-0.1, -0.05) is 17.7 Å². The molecular weight excluding hydrogens is 456 g/mol. The number of anilines is 2. The fraction of sp³-hybridized carbons (Fsp3) is 0.348. The summed E-state index contributed by atoms with van der Waals surface area (Å²) in [5, 5.41) is 2.65. The van der Waals surface area contributed by atoms with Gasteiger partial charge in [-0.2, -0.15) is 0 Å². The van der Waals surface area contributed by atoms with Crippen LogP contribution in [0.25, 0.3) is 0 Å². The molecule has 4 rings (SSSR count). The molecule has 1 atom stereocenters. The fourth-order valence-corrected chi connectivity index (χ4v) is 4.07. The van der Waals surface area contributed by atoms with Crippen molar-refractivity contribution in [3.63, 3.8) is 0 Å². The average Bonchev–Trinajstić information content (AvgIpc) is 2.72. The van der Waals surface area contributed by atoms with E-state index < -0.39 is 41.6 Å². The topological polar surface area (TPSA) is 79.0 Å². The molecule has 174 valence electrons. The number of imide groups is 1. The summed E-state index contributed by atoms with van der Waals surface area (Å²) in [4.78, 5) is 38.7. The van der Waals surface area contributed by atoms with E-state index >= 15 is 0 Å². The molecule has 0 spiro atoms. The summed E-state index contributed by atoms with van der Waals surface area (Å²) in [6.45, 7) is 2.40. The van der Waals surface area contributed by atoms with E-state index in [4.69, 9.17) is 16.3 Å². The molecule has 0 radical (unpaired) electrons. The Balaban J connectivity index is 1.37.